The molecular formula is C14H13BrFN3O. The topological polar surface area (TPSA) is 68.0 Å². The molecule has 0 aliphatic rings. The molecule has 2 aromatic rings. The van der Waals surface area contributed by atoms with Crippen molar-refractivity contribution in [1.82, 2.24) is 10.3 Å². The molecule has 104 valence electrons. The van der Waals surface area contributed by atoms with Gasteiger partial charge in [0, 0.05) is 16.9 Å². The standard InChI is InChI=1S/C14H13BrFN3O/c1-8(9-3-2-4-18-7-9)19-14(20)10-5-13(17)12(16)6-11(10)15/h2-8H,17H2,1H3,(H,19,20). The number of rotatable bonds is 3. The van der Waals surface area contributed by atoms with Gasteiger partial charge in [-0.1, -0.05) is 6.07 Å². The van der Waals surface area contributed by atoms with E-state index in [-0.39, 0.29) is 17.6 Å². The normalized spacial score (nSPS) is 11.9. The average Bonchev–Trinajstić information content (AvgIpc) is 2.43. The Bertz CT molecular complexity index is 634. The summed E-state index contributed by atoms with van der Waals surface area (Å²) < 4.78 is 13.6. The molecule has 1 heterocycles. The van der Waals surface area contributed by atoms with Crippen molar-refractivity contribution in [2.75, 3.05) is 5.73 Å². The van der Waals surface area contributed by atoms with Crippen LogP contribution in [0, 0.1) is 5.82 Å². The number of carbonyl (C=O) groups excluding carboxylic acids is 1. The lowest BCUT2D eigenvalue weighted by Gasteiger charge is -2.15. The van der Waals surface area contributed by atoms with Gasteiger partial charge in [0.2, 0.25) is 0 Å². The molecule has 4 nitrogen and oxygen atoms in total. The van der Waals surface area contributed by atoms with Crippen LogP contribution in [-0.4, -0.2) is 10.9 Å². The zero-order valence-corrected chi connectivity index (χ0v) is 12.3. The number of anilines is 1. The van der Waals surface area contributed by atoms with Crippen LogP contribution in [-0.2, 0) is 0 Å². The van der Waals surface area contributed by atoms with Crippen LogP contribution < -0.4 is 11.1 Å². The fourth-order valence-corrected chi connectivity index (χ4v) is 2.23. The number of carbonyl (C=O) groups is 1. The lowest BCUT2D eigenvalue weighted by Crippen LogP contribution is -2.27. The molecule has 0 bridgehead atoms. The van der Waals surface area contributed by atoms with E-state index < -0.39 is 5.82 Å². The predicted octanol–water partition coefficient (Wildman–Crippen LogP) is 3.06. The van der Waals surface area contributed by atoms with Crippen molar-refractivity contribution < 1.29 is 9.18 Å². The van der Waals surface area contributed by atoms with Crippen molar-refractivity contribution in [2.45, 2.75) is 13.0 Å². The van der Waals surface area contributed by atoms with Crippen molar-refractivity contribution in [2.24, 2.45) is 0 Å². The first-order valence-electron chi connectivity index (χ1n) is 5.94. The molecule has 0 spiro atoms. The molecule has 0 aliphatic heterocycles. The number of aromatic nitrogens is 1. The first-order chi connectivity index (χ1) is 9.49. The van der Waals surface area contributed by atoms with Gasteiger partial charge in [0.25, 0.3) is 5.91 Å². The number of halogens is 2. The molecule has 1 atom stereocenters. The van der Waals surface area contributed by atoms with Crippen molar-refractivity contribution in [3.8, 4) is 0 Å². The Balaban J connectivity index is 2.19. The van der Waals surface area contributed by atoms with Gasteiger partial charge in [-0.2, -0.15) is 0 Å². The minimum atomic E-state index is -0.561. The van der Waals surface area contributed by atoms with Crippen LogP contribution in [0.2, 0.25) is 0 Å². The maximum absolute atomic E-state index is 13.3. The van der Waals surface area contributed by atoms with E-state index >= 15 is 0 Å². The summed E-state index contributed by atoms with van der Waals surface area (Å²) in [5, 5.41) is 2.81. The van der Waals surface area contributed by atoms with Gasteiger partial charge in [0.1, 0.15) is 5.82 Å². The third-order valence-electron chi connectivity index (χ3n) is 2.86. The largest absolute Gasteiger partial charge is 0.396 e. The van der Waals surface area contributed by atoms with E-state index in [4.69, 9.17) is 5.73 Å². The van der Waals surface area contributed by atoms with Crippen molar-refractivity contribution in [3.05, 3.63) is 58.1 Å². The number of nitrogens with two attached hydrogens (primary N) is 1. The Kier molecular flexibility index (Phi) is 4.34. The number of nitrogens with zero attached hydrogens (tertiary/aromatic N) is 1. The molecule has 0 saturated heterocycles. The van der Waals surface area contributed by atoms with E-state index in [9.17, 15) is 9.18 Å². The predicted molar refractivity (Wildman–Crippen MR) is 78.6 cm³/mol. The Morgan fingerprint density at radius 2 is 2.25 bits per heavy atom. The summed E-state index contributed by atoms with van der Waals surface area (Å²) in [6, 6.07) is 5.94. The molecule has 0 aliphatic carbocycles. The van der Waals surface area contributed by atoms with Gasteiger partial charge in [-0.15, -0.1) is 0 Å². The second-order valence-electron chi connectivity index (χ2n) is 4.34. The van der Waals surface area contributed by atoms with Crippen molar-refractivity contribution >= 4 is 27.5 Å². The fraction of sp³-hybridized carbons (Fsp3) is 0.143. The van der Waals surface area contributed by atoms with Crippen molar-refractivity contribution in [3.63, 3.8) is 0 Å². The summed E-state index contributed by atoms with van der Waals surface area (Å²) in [5.41, 5.74) is 6.59. The number of hydrogen-bond donors (Lipinski definition) is 2. The summed E-state index contributed by atoms with van der Waals surface area (Å²) >= 11 is 3.16. The molecule has 2 rings (SSSR count). The number of benzene rings is 1. The quantitative estimate of drug-likeness (QED) is 0.846. The minimum absolute atomic E-state index is 0.0626. The summed E-state index contributed by atoms with van der Waals surface area (Å²) in [5.74, 6) is -0.895. The molecule has 1 amide bonds. The Labute approximate surface area is 124 Å². The number of hydrogen-bond acceptors (Lipinski definition) is 3. The van der Waals surface area contributed by atoms with Gasteiger partial charge in [-0.3, -0.25) is 9.78 Å². The highest BCUT2D eigenvalue weighted by Gasteiger charge is 2.16. The van der Waals surface area contributed by atoms with E-state index in [2.05, 4.69) is 26.2 Å². The van der Waals surface area contributed by atoms with Crippen LogP contribution >= 0.6 is 15.9 Å². The highest BCUT2D eigenvalue weighted by molar-refractivity contribution is 9.10. The van der Waals surface area contributed by atoms with Crippen LogP contribution in [0.1, 0.15) is 28.9 Å². The smallest absolute Gasteiger partial charge is 0.252 e. The molecule has 3 N–H and O–H groups in total. The number of amides is 1. The van der Waals surface area contributed by atoms with Crippen LogP contribution in [0.4, 0.5) is 10.1 Å². The highest BCUT2D eigenvalue weighted by Crippen LogP contribution is 2.23. The number of nitrogen functional groups attached to an aromatic ring is 1. The van der Waals surface area contributed by atoms with E-state index in [1.165, 1.54) is 12.1 Å². The third-order valence-corrected chi connectivity index (χ3v) is 3.52. The minimum Gasteiger partial charge on any atom is -0.396 e. The average molecular weight is 338 g/mol. The lowest BCUT2D eigenvalue weighted by atomic mass is 10.1. The zero-order valence-electron chi connectivity index (χ0n) is 10.7. The number of pyridine rings is 1. The summed E-state index contributed by atoms with van der Waals surface area (Å²) in [4.78, 5) is 16.2. The first-order valence-corrected chi connectivity index (χ1v) is 6.73. The van der Waals surface area contributed by atoms with Crippen LogP contribution in [0.5, 0.6) is 0 Å². The van der Waals surface area contributed by atoms with Crippen molar-refractivity contribution in [1.29, 1.82) is 0 Å². The number of nitrogens with one attached hydrogen (secondary N) is 1. The van der Waals surface area contributed by atoms with Crippen LogP contribution in [0.3, 0.4) is 0 Å². The molecule has 1 aromatic heterocycles. The molecule has 0 fully saturated rings. The van der Waals surface area contributed by atoms with Gasteiger partial charge < -0.3 is 11.1 Å². The molecule has 0 radical (unpaired) electrons. The van der Waals surface area contributed by atoms with Gasteiger partial charge in [0.15, 0.2) is 0 Å². The lowest BCUT2D eigenvalue weighted by molar-refractivity contribution is 0.0939. The zero-order chi connectivity index (χ0) is 14.7. The Hall–Kier alpha value is -1.95. The third kappa shape index (κ3) is 3.14. The Morgan fingerprint density at radius 1 is 1.50 bits per heavy atom. The summed E-state index contributed by atoms with van der Waals surface area (Å²) in [7, 11) is 0. The molecule has 6 heteroatoms. The molecular weight excluding hydrogens is 325 g/mol. The maximum Gasteiger partial charge on any atom is 0.252 e. The molecule has 0 saturated carbocycles. The maximum atomic E-state index is 13.3. The Morgan fingerprint density at radius 3 is 2.90 bits per heavy atom. The second-order valence-corrected chi connectivity index (χ2v) is 5.19. The van der Waals surface area contributed by atoms with E-state index in [1.54, 1.807) is 18.5 Å². The van der Waals surface area contributed by atoms with E-state index in [1.807, 2.05) is 13.0 Å². The fourth-order valence-electron chi connectivity index (χ4n) is 1.73. The van der Waals surface area contributed by atoms with Crippen LogP contribution in [0.15, 0.2) is 41.1 Å². The van der Waals surface area contributed by atoms with Gasteiger partial charge in [0.05, 0.1) is 17.3 Å². The molecule has 1 unspecified atom stereocenters. The monoisotopic (exact) mass is 337 g/mol. The van der Waals surface area contributed by atoms with Gasteiger partial charge in [-0.05, 0) is 46.6 Å². The van der Waals surface area contributed by atoms with Crippen LogP contribution in [0.25, 0.3) is 0 Å². The molecule has 1 aromatic carbocycles. The second kappa shape index (κ2) is 6.00. The molecule has 20 heavy (non-hydrogen) atoms. The van der Waals surface area contributed by atoms with E-state index in [0.717, 1.165) is 5.56 Å². The first kappa shape index (κ1) is 14.5. The highest BCUT2D eigenvalue weighted by atomic mass is 79.9. The van der Waals surface area contributed by atoms with E-state index in [0.29, 0.717) is 10.0 Å². The van der Waals surface area contributed by atoms with Gasteiger partial charge >= 0.3 is 0 Å². The summed E-state index contributed by atoms with van der Waals surface area (Å²) in [6.45, 7) is 1.84. The summed E-state index contributed by atoms with van der Waals surface area (Å²) in [6.07, 6.45) is 3.34. The SMILES string of the molecule is CC(NC(=O)c1cc(N)c(F)cc1Br)c1cccnc1. The van der Waals surface area contributed by atoms with Gasteiger partial charge in [-0.25, -0.2) is 4.39 Å².